The van der Waals surface area contributed by atoms with Crippen LogP contribution in [0.4, 0.5) is 0 Å². The zero-order chi connectivity index (χ0) is 31.8. The first-order valence-corrected chi connectivity index (χ1v) is 16.8. The summed E-state index contributed by atoms with van der Waals surface area (Å²) in [6.45, 7) is 0.0350. The van der Waals surface area contributed by atoms with Gasteiger partial charge in [-0.1, -0.05) is 60.7 Å². The molecule has 5 rings (SSSR count). The fourth-order valence-electron chi connectivity index (χ4n) is 5.99. The standard InChI is InChI=1S/C35H42N4O5S/c1-38-25-36-30-23-31(39(24-32(30)38)45(41,42)29-20-21-33(43-2)34(22-29)44-3)35(40)37-28(18-10-16-26-12-6-4-7-13-26)19-11-17-27-14-8-5-9-15-27/h4-9,12-15,20-22,25,28,31H,10-11,16-19,23-24H2,1-3H3,(H,37,40)/t31-/m0/s1. The highest BCUT2D eigenvalue weighted by Gasteiger charge is 2.42. The third-order valence-electron chi connectivity index (χ3n) is 8.52. The molecule has 0 saturated carbocycles. The Balaban J connectivity index is 1.37. The van der Waals surface area contributed by atoms with E-state index in [1.807, 2.05) is 48.0 Å². The van der Waals surface area contributed by atoms with Gasteiger partial charge in [0.25, 0.3) is 0 Å². The number of nitrogens with zero attached hydrogens (tertiary/aromatic N) is 3. The van der Waals surface area contributed by atoms with Crippen molar-refractivity contribution in [3.63, 3.8) is 0 Å². The monoisotopic (exact) mass is 630 g/mol. The lowest BCUT2D eigenvalue weighted by Gasteiger charge is -2.34. The van der Waals surface area contributed by atoms with Crippen LogP contribution in [0.1, 0.15) is 48.2 Å². The molecule has 45 heavy (non-hydrogen) atoms. The van der Waals surface area contributed by atoms with Crippen LogP contribution >= 0.6 is 0 Å². The molecule has 4 aromatic rings. The molecule has 1 atom stereocenters. The molecule has 0 saturated heterocycles. The van der Waals surface area contributed by atoms with Crippen LogP contribution in [-0.4, -0.2) is 54.5 Å². The fourth-order valence-corrected chi connectivity index (χ4v) is 7.55. The minimum Gasteiger partial charge on any atom is -0.493 e. The first-order valence-electron chi connectivity index (χ1n) is 15.4. The minimum absolute atomic E-state index is 0.0332. The summed E-state index contributed by atoms with van der Waals surface area (Å²) >= 11 is 0. The van der Waals surface area contributed by atoms with E-state index in [2.05, 4.69) is 34.6 Å². The number of aryl methyl sites for hydroxylation is 3. The summed E-state index contributed by atoms with van der Waals surface area (Å²) in [4.78, 5) is 18.6. The van der Waals surface area contributed by atoms with Crippen molar-refractivity contribution in [2.75, 3.05) is 14.2 Å². The fraction of sp³-hybridized carbons (Fsp3) is 0.371. The largest absolute Gasteiger partial charge is 0.493 e. The van der Waals surface area contributed by atoms with E-state index in [0.717, 1.165) is 49.9 Å². The van der Waals surface area contributed by atoms with Gasteiger partial charge in [0.2, 0.25) is 15.9 Å². The van der Waals surface area contributed by atoms with Crippen molar-refractivity contribution in [2.24, 2.45) is 7.05 Å². The molecule has 0 aliphatic carbocycles. The van der Waals surface area contributed by atoms with E-state index in [-0.39, 0.29) is 29.8 Å². The summed E-state index contributed by atoms with van der Waals surface area (Å²) in [6.07, 6.45) is 7.07. The van der Waals surface area contributed by atoms with Crippen LogP contribution < -0.4 is 14.8 Å². The highest BCUT2D eigenvalue weighted by atomic mass is 32.2. The number of carbonyl (C=O) groups excluding carboxylic acids is 1. The maximum Gasteiger partial charge on any atom is 0.244 e. The summed E-state index contributed by atoms with van der Waals surface area (Å²) in [5, 5.41) is 3.27. The van der Waals surface area contributed by atoms with Crippen LogP contribution in [0, 0.1) is 0 Å². The van der Waals surface area contributed by atoms with Crippen LogP contribution in [0.5, 0.6) is 11.5 Å². The molecule has 9 nitrogen and oxygen atoms in total. The third kappa shape index (κ3) is 7.75. The Morgan fingerprint density at radius 3 is 2.09 bits per heavy atom. The second-order valence-electron chi connectivity index (χ2n) is 11.5. The highest BCUT2D eigenvalue weighted by molar-refractivity contribution is 7.89. The second-order valence-corrected chi connectivity index (χ2v) is 13.4. The number of carbonyl (C=O) groups is 1. The van der Waals surface area contributed by atoms with E-state index in [9.17, 15) is 13.2 Å². The van der Waals surface area contributed by atoms with Crippen molar-refractivity contribution >= 4 is 15.9 Å². The molecule has 2 heterocycles. The number of hydrogen-bond donors (Lipinski definition) is 1. The number of nitrogens with one attached hydrogen (secondary N) is 1. The molecule has 1 aliphatic rings. The van der Waals surface area contributed by atoms with Crippen molar-refractivity contribution in [2.45, 2.75) is 68.5 Å². The summed E-state index contributed by atoms with van der Waals surface area (Å²) in [5.41, 5.74) is 4.02. The molecule has 1 N–H and O–H groups in total. The second kappa shape index (κ2) is 14.8. The number of sulfonamides is 1. The Morgan fingerprint density at radius 1 is 0.911 bits per heavy atom. The van der Waals surface area contributed by atoms with Gasteiger partial charge in [-0.25, -0.2) is 13.4 Å². The maximum absolute atomic E-state index is 14.2. The third-order valence-corrected chi connectivity index (χ3v) is 10.4. The van der Waals surface area contributed by atoms with Crippen molar-refractivity contribution < 1.29 is 22.7 Å². The highest BCUT2D eigenvalue weighted by Crippen LogP contribution is 2.34. The SMILES string of the molecule is COc1ccc(S(=O)(=O)N2Cc3c(ncn3C)C[C@H]2C(=O)NC(CCCc2ccccc2)CCCc2ccccc2)cc1OC. The van der Waals surface area contributed by atoms with E-state index in [1.54, 1.807) is 12.4 Å². The van der Waals surface area contributed by atoms with E-state index in [0.29, 0.717) is 11.5 Å². The van der Waals surface area contributed by atoms with Gasteiger partial charge >= 0.3 is 0 Å². The predicted molar refractivity (Wildman–Crippen MR) is 174 cm³/mol. The lowest BCUT2D eigenvalue weighted by atomic mass is 9.98. The molecule has 3 aromatic carbocycles. The number of amides is 1. The Bertz CT molecular complexity index is 1630. The molecule has 0 radical (unpaired) electrons. The number of hydrogen-bond acceptors (Lipinski definition) is 6. The van der Waals surface area contributed by atoms with Crippen LogP contribution in [0.25, 0.3) is 0 Å². The Hall–Kier alpha value is -4.15. The van der Waals surface area contributed by atoms with E-state index >= 15 is 0 Å². The zero-order valence-corrected chi connectivity index (χ0v) is 27.0. The molecule has 10 heteroatoms. The number of rotatable bonds is 14. The van der Waals surface area contributed by atoms with Crippen LogP contribution in [-0.2, 0) is 47.7 Å². The molecule has 238 valence electrons. The average Bonchev–Trinajstić information content (AvgIpc) is 3.43. The number of imidazole rings is 1. The normalized spacial score (nSPS) is 15.1. The van der Waals surface area contributed by atoms with Gasteiger partial charge in [-0.2, -0.15) is 4.31 Å². The molecule has 0 fully saturated rings. The van der Waals surface area contributed by atoms with Crippen molar-refractivity contribution in [1.29, 1.82) is 0 Å². The van der Waals surface area contributed by atoms with Gasteiger partial charge in [0.1, 0.15) is 6.04 Å². The molecule has 0 unspecified atom stereocenters. The van der Waals surface area contributed by atoms with Crippen molar-refractivity contribution in [3.8, 4) is 11.5 Å². The van der Waals surface area contributed by atoms with Gasteiger partial charge in [-0.3, -0.25) is 4.79 Å². The van der Waals surface area contributed by atoms with Gasteiger partial charge in [-0.05, 0) is 61.8 Å². The topological polar surface area (TPSA) is 103 Å². The Kier molecular flexibility index (Phi) is 10.6. The van der Waals surface area contributed by atoms with E-state index in [4.69, 9.17) is 9.47 Å². The van der Waals surface area contributed by atoms with Crippen LogP contribution in [0.3, 0.4) is 0 Å². The summed E-state index contributed by atoms with van der Waals surface area (Å²) in [6, 6.07) is 24.1. The molecule has 0 bridgehead atoms. The molecular weight excluding hydrogens is 588 g/mol. The summed E-state index contributed by atoms with van der Waals surface area (Å²) < 4.78 is 42.2. The Labute approximate surface area is 266 Å². The predicted octanol–water partition coefficient (Wildman–Crippen LogP) is 5.08. The maximum atomic E-state index is 14.2. The lowest BCUT2D eigenvalue weighted by Crippen LogP contribution is -2.54. The average molecular weight is 631 g/mol. The number of fused-ring (bicyclic) bond motifs is 1. The van der Waals surface area contributed by atoms with E-state index < -0.39 is 16.1 Å². The number of benzene rings is 3. The first kappa shape index (κ1) is 32.2. The molecule has 1 aromatic heterocycles. The van der Waals surface area contributed by atoms with Gasteiger partial charge < -0.3 is 19.4 Å². The molecule has 1 aliphatic heterocycles. The number of methoxy groups -OCH3 is 2. The number of ether oxygens (including phenoxy) is 2. The van der Waals surface area contributed by atoms with Crippen LogP contribution in [0.2, 0.25) is 0 Å². The van der Waals surface area contributed by atoms with Crippen LogP contribution in [0.15, 0.2) is 90.1 Å². The zero-order valence-electron chi connectivity index (χ0n) is 26.2. The quantitative estimate of drug-likeness (QED) is 0.209. The van der Waals surface area contributed by atoms with E-state index in [1.165, 1.54) is 41.8 Å². The molecule has 0 spiro atoms. The first-order chi connectivity index (χ1) is 21.8. The minimum atomic E-state index is -4.10. The molecule has 1 amide bonds. The summed E-state index contributed by atoms with van der Waals surface area (Å²) in [5.74, 6) is 0.418. The van der Waals surface area contributed by atoms with Gasteiger partial charge in [0, 0.05) is 25.6 Å². The van der Waals surface area contributed by atoms with Crippen molar-refractivity contribution in [1.82, 2.24) is 19.2 Å². The lowest BCUT2D eigenvalue weighted by molar-refractivity contribution is -0.126. The van der Waals surface area contributed by atoms with Gasteiger partial charge in [-0.15, -0.1) is 0 Å². The van der Waals surface area contributed by atoms with Gasteiger partial charge in [0.15, 0.2) is 11.5 Å². The summed E-state index contributed by atoms with van der Waals surface area (Å²) in [7, 11) is 0.698. The Morgan fingerprint density at radius 2 is 1.51 bits per heavy atom. The van der Waals surface area contributed by atoms with Gasteiger partial charge in [0.05, 0.1) is 43.4 Å². The van der Waals surface area contributed by atoms with Crippen molar-refractivity contribution in [3.05, 3.63) is 108 Å². The number of aromatic nitrogens is 2. The molecular formula is C35H42N4O5S. The smallest absolute Gasteiger partial charge is 0.244 e.